The molecule has 1 aliphatic rings. The largest absolute Gasteiger partial charge is 0.464 e. The van der Waals surface area contributed by atoms with Crippen LogP contribution in [-0.2, 0) is 0 Å². The second-order valence-electron chi connectivity index (χ2n) is 2.60. The van der Waals surface area contributed by atoms with Gasteiger partial charge in [0.1, 0.15) is 0 Å². The fourth-order valence-electron chi connectivity index (χ4n) is 1.13. The van der Waals surface area contributed by atoms with Crippen molar-refractivity contribution in [2.24, 2.45) is 0 Å². The van der Waals surface area contributed by atoms with Crippen molar-refractivity contribution >= 4 is 6.09 Å². The number of hydrogen-bond donors (Lipinski definition) is 4. The van der Waals surface area contributed by atoms with Gasteiger partial charge in [0.15, 0.2) is 0 Å². The molecule has 1 amide bonds. The quantitative estimate of drug-likeness (QED) is 0.410. The first-order valence-corrected chi connectivity index (χ1v) is 3.74. The Labute approximate surface area is 65.1 Å². The molecule has 0 atom stereocenters. The summed E-state index contributed by atoms with van der Waals surface area (Å²) in [6, 6.07) is 0.285. The highest BCUT2D eigenvalue weighted by Gasteiger charge is 2.12. The summed E-state index contributed by atoms with van der Waals surface area (Å²) in [6.45, 7) is 1.91. The van der Waals surface area contributed by atoms with Crippen LogP contribution in [0.15, 0.2) is 0 Å². The summed E-state index contributed by atoms with van der Waals surface area (Å²) < 4.78 is 0. The molecule has 0 aliphatic carbocycles. The van der Waals surface area contributed by atoms with E-state index in [2.05, 4.69) is 16.2 Å². The molecule has 5 nitrogen and oxygen atoms in total. The van der Waals surface area contributed by atoms with Gasteiger partial charge >= 0.3 is 6.09 Å². The van der Waals surface area contributed by atoms with Gasteiger partial charge in [-0.15, -0.1) is 0 Å². The fraction of sp³-hybridized carbons (Fsp3) is 0.833. The van der Waals surface area contributed by atoms with Crippen molar-refractivity contribution < 1.29 is 9.90 Å². The van der Waals surface area contributed by atoms with E-state index in [-0.39, 0.29) is 6.04 Å². The van der Waals surface area contributed by atoms with Crippen molar-refractivity contribution in [2.75, 3.05) is 13.1 Å². The minimum absolute atomic E-state index is 0.285. The SMILES string of the molecule is O=C(O)NNC1CCNCC1. The van der Waals surface area contributed by atoms with Gasteiger partial charge in [0.2, 0.25) is 0 Å². The lowest BCUT2D eigenvalue weighted by atomic mass is 10.1. The summed E-state index contributed by atoms with van der Waals surface area (Å²) in [7, 11) is 0. The van der Waals surface area contributed by atoms with Crippen molar-refractivity contribution in [2.45, 2.75) is 18.9 Å². The lowest BCUT2D eigenvalue weighted by Crippen LogP contribution is -2.48. The summed E-state index contributed by atoms with van der Waals surface area (Å²) >= 11 is 0. The number of carboxylic acid groups (broad SMARTS) is 1. The zero-order valence-corrected chi connectivity index (χ0v) is 6.26. The predicted molar refractivity (Wildman–Crippen MR) is 40.2 cm³/mol. The van der Waals surface area contributed by atoms with E-state index in [0.29, 0.717) is 0 Å². The van der Waals surface area contributed by atoms with Crippen LogP contribution in [0.25, 0.3) is 0 Å². The highest BCUT2D eigenvalue weighted by atomic mass is 16.4. The van der Waals surface area contributed by atoms with Gasteiger partial charge in [0.25, 0.3) is 0 Å². The number of piperidine rings is 1. The van der Waals surface area contributed by atoms with Crippen LogP contribution in [-0.4, -0.2) is 30.3 Å². The Kier molecular flexibility index (Phi) is 3.13. The van der Waals surface area contributed by atoms with E-state index in [9.17, 15) is 4.79 Å². The smallest absolute Gasteiger partial charge is 0.419 e. The van der Waals surface area contributed by atoms with Gasteiger partial charge in [0.05, 0.1) is 0 Å². The molecule has 0 bridgehead atoms. The second-order valence-corrected chi connectivity index (χ2v) is 2.60. The molecule has 5 heteroatoms. The third kappa shape index (κ3) is 3.20. The highest BCUT2D eigenvalue weighted by molar-refractivity contribution is 5.63. The van der Waals surface area contributed by atoms with Crippen LogP contribution < -0.4 is 16.2 Å². The Hall–Kier alpha value is -0.810. The van der Waals surface area contributed by atoms with Gasteiger partial charge in [-0.1, -0.05) is 0 Å². The Balaban J connectivity index is 2.09. The van der Waals surface area contributed by atoms with Crippen LogP contribution in [0.1, 0.15) is 12.8 Å². The van der Waals surface area contributed by atoms with Gasteiger partial charge in [0, 0.05) is 6.04 Å². The maximum Gasteiger partial charge on any atom is 0.419 e. The molecule has 0 radical (unpaired) electrons. The van der Waals surface area contributed by atoms with Gasteiger partial charge in [-0.05, 0) is 25.9 Å². The molecule has 0 aromatic rings. The summed E-state index contributed by atoms with van der Waals surface area (Å²) in [5.74, 6) is 0. The van der Waals surface area contributed by atoms with E-state index < -0.39 is 6.09 Å². The van der Waals surface area contributed by atoms with Crippen molar-refractivity contribution in [3.63, 3.8) is 0 Å². The molecule has 1 heterocycles. The lowest BCUT2D eigenvalue weighted by molar-refractivity contribution is 0.184. The van der Waals surface area contributed by atoms with E-state index in [1.54, 1.807) is 0 Å². The third-order valence-corrected chi connectivity index (χ3v) is 1.72. The summed E-state index contributed by atoms with van der Waals surface area (Å²) in [5.41, 5.74) is 4.89. The first-order valence-electron chi connectivity index (χ1n) is 3.74. The molecule has 1 fully saturated rings. The van der Waals surface area contributed by atoms with E-state index in [4.69, 9.17) is 5.11 Å². The zero-order chi connectivity index (χ0) is 8.10. The maximum absolute atomic E-state index is 10.1. The topological polar surface area (TPSA) is 73.4 Å². The van der Waals surface area contributed by atoms with Gasteiger partial charge < -0.3 is 10.4 Å². The Morgan fingerprint density at radius 3 is 2.64 bits per heavy atom. The average Bonchev–Trinajstić information content (AvgIpc) is 2.03. The van der Waals surface area contributed by atoms with Crippen LogP contribution in [0.4, 0.5) is 4.79 Å². The molecule has 1 aliphatic heterocycles. The van der Waals surface area contributed by atoms with E-state index in [0.717, 1.165) is 25.9 Å². The Bertz CT molecular complexity index is 134. The average molecular weight is 159 g/mol. The maximum atomic E-state index is 10.1. The molecule has 4 N–H and O–H groups in total. The summed E-state index contributed by atoms with van der Waals surface area (Å²) in [5, 5.41) is 11.4. The van der Waals surface area contributed by atoms with Crippen molar-refractivity contribution in [1.82, 2.24) is 16.2 Å². The molecule has 0 saturated carbocycles. The molecule has 1 saturated heterocycles. The number of hydrogen-bond acceptors (Lipinski definition) is 3. The standard InChI is InChI=1S/C6H13N3O2/c10-6(11)9-8-5-1-3-7-4-2-5/h5,7-9H,1-4H2,(H,10,11). The number of amides is 1. The lowest BCUT2D eigenvalue weighted by Gasteiger charge is -2.22. The molecular formula is C6H13N3O2. The Morgan fingerprint density at radius 2 is 2.09 bits per heavy atom. The minimum Gasteiger partial charge on any atom is -0.464 e. The van der Waals surface area contributed by atoms with Crippen molar-refractivity contribution in [3.05, 3.63) is 0 Å². The predicted octanol–water partition coefficient (Wildman–Crippen LogP) is -0.489. The highest BCUT2D eigenvalue weighted by Crippen LogP contribution is 1.99. The summed E-state index contributed by atoms with van der Waals surface area (Å²) in [6.07, 6.45) is 0.920. The van der Waals surface area contributed by atoms with Crippen LogP contribution in [0.2, 0.25) is 0 Å². The molecule has 1 rings (SSSR count). The number of rotatable bonds is 2. The van der Waals surface area contributed by atoms with Crippen molar-refractivity contribution in [1.29, 1.82) is 0 Å². The fourth-order valence-corrected chi connectivity index (χ4v) is 1.13. The van der Waals surface area contributed by atoms with Crippen LogP contribution in [0.3, 0.4) is 0 Å². The first kappa shape index (κ1) is 8.29. The second kappa shape index (κ2) is 4.15. The van der Waals surface area contributed by atoms with Crippen molar-refractivity contribution in [3.8, 4) is 0 Å². The van der Waals surface area contributed by atoms with Gasteiger partial charge in [-0.3, -0.25) is 5.43 Å². The Morgan fingerprint density at radius 1 is 1.45 bits per heavy atom. The van der Waals surface area contributed by atoms with Crippen LogP contribution in [0.5, 0.6) is 0 Å². The molecule has 64 valence electrons. The molecular weight excluding hydrogens is 146 g/mol. The zero-order valence-electron chi connectivity index (χ0n) is 6.26. The molecule has 0 spiro atoms. The van der Waals surface area contributed by atoms with Crippen LogP contribution in [0, 0.1) is 0 Å². The number of hydrazine groups is 1. The number of carbonyl (C=O) groups is 1. The van der Waals surface area contributed by atoms with E-state index in [1.807, 2.05) is 0 Å². The molecule has 0 aromatic heterocycles. The molecule has 0 unspecified atom stereocenters. The monoisotopic (exact) mass is 159 g/mol. The van der Waals surface area contributed by atoms with Gasteiger partial charge in [-0.2, -0.15) is 0 Å². The van der Waals surface area contributed by atoms with Gasteiger partial charge in [-0.25, -0.2) is 10.2 Å². The summed E-state index contributed by atoms with van der Waals surface area (Å²) in [4.78, 5) is 10.1. The number of nitrogens with one attached hydrogen (secondary N) is 3. The minimum atomic E-state index is -1.02. The van der Waals surface area contributed by atoms with E-state index in [1.165, 1.54) is 0 Å². The van der Waals surface area contributed by atoms with E-state index >= 15 is 0 Å². The first-order chi connectivity index (χ1) is 5.29. The molecule has 0 aromatic carbocycles. The van der Waals surface area contributed by atoms with Crippen LogP contribution >= 0.6 is 0 Å². The normalized spacial score (nSPS) is 19.6. The molecule has 11 heavy (non-hydrogen) atoms. The third-order valence-electron chi connectivity index (χ3n) is 1.72.